The molecule has 9 heteroatoms. The maximum absolute atomic E-state index is 13.0. The number of rotatable bonds is 7. The molecule has 2 heterocycles. The van der Waals surface area contributed by atoms with E-state index in [0.29, 0.717) is 34.6 Å². The van der Waals surface area contributed by atoms with Crippen LogP contribution in [-0.4, -0.2) is 53.7 Å². The van der Waals surface area contributed by atoms with Crippen LogP contribution in [-0.2, 0) is 9.59 Å². The van der Waals surface area contributed by atoms with Gasteiger partial charge in [-0.25, -0.2) is 9.89 Å². The lowest BCUT2D eigenvalue weighted by molar-refractivity contribution is -0.124. The molecule has 0 aromatic heterocycles. The molecule has 2 aromatic rings. The Morgan fingerprint density at radius 1 is 1.16 bits per heavy atom. The molecule has 32 heavy (non-hydrogen) atoms. The molecule has 0 saturated heterocycles. The molecule has 0 radical (unpaired) electrons. The molecule has 8 nitrogen and oxygen atoms in total. The van der Waals surface area contributed by atoms with Crippen LogP contribution in [0.15, 0.2) is 52.4 Å². The fraction of sp³-hybridized carbons (Fsp3) is 0.304. The zero-order valence-corrected chi connectivity index (χ0v) is 18.9. The molecule has 0 spiro atoms. The molecule has 4 rings (SSSR count). The summed E-state index contributed by atoms with van der Waals surface area (Å²) in [5.41, 5.74) is 2.17. The van der Waals surface area contributed by atoms with Crippen LogP contribution in [0.25, 0.3) is 0 Å². The lowest BCUT2D eigenvalue weighted by Gasteiger charge is -2.25. The molecule has 0 aliphatic carbocycles. The van der Waals surface area contributed by atoms with Crippen LogP contribution in [0.4, 0.5) is 11.4 Å². The fourth-order valence-electron chi connectivity index (χ4n) is 3.60. The van der Waals surface area contributed by atoms with Crippen LogP contribution >= 0.6 is 11.8 Å². The van der Waals surface area contributed by atoms with Crippen LogP contribution in [0.2, 0.25) is 0 Å². The predicted molar refractivity (Wildman–Crippen MR) is 126 cm³/mol. The second-order valence-corrected chi connectivity index (χ2v) is 8.19. The third-order valence-corrected chi connectivity index (χ3v) is 6.05. The number of carbonyl (C=O) groups excluding carboxylic acids is 2. The minimum atomic E-state index is -0.410. The number of amides is 2. The predicted octanol–water partition coefficient (Wildman–Crippen LogP) is 3.83. The van der Waals surface area contributed by atoms with Crippen molar-refractivity contribution in [2.75, 3.05) is 25.3 Å². The number of hydrogen-bond donors (Lipinski definition) is 1. The Morgan fingerprint density at radius 2 is 1.94 bits per heavy atom. The van der Waals surface area contributed by atoms with E-state index in [4.69, 9.17) is 9.47 Å². The second kappa shape index (κ2) is 9.44. The summed E-state index contributed by atoms with van der Waals surface area (Å²) in [6.07, 6.45) is 1.54. The number of methoxy groups -OCH3 is 2. The number of thioether (sulfide) groups is 1. The van der Waals surface area contributed by atoms with E-state index in [1.807, 2.05) is 31.2 Å². The average Bonchev–Trinajstić information content (AvgIpc) is 3.14. The molecule has 0 fully saturated rings. The van der Waals surface area contributed by atoms with Gasteiger partial charge < -0.3 is 14.8 Å². The molecule has 2 aliphatic rings. The van der Waals surface area contributed by atoms with Gasteiger partial charge in [0.15, 0.2) is 16.7 Å². The first-order chi connectivity index (χ1) is 15.5. The number of nitrogens with zero attached hydrogens (tertiary/aromatic N) is 3. The van der Waals surface area contributed by atoms with E-state index in [0.717, 1.165) is 17.7 Å². The van der Waals surface area contributed by atoms with Gasteiger partial charge in [0, 0.05) is 17.3 Å². The van der Waals surface area contributed by atoms with E-state index in [-0.39, 0.29) is 17.6 Å². The molecule has 166 valence electrons. The Bertz CT molecular complexity index is 1110. The van der Waals surface area contributed by atoms with Crippen LogP contribution in [0.1, 0.15) is 25.3 Å². The lowest BCUT2D eigenvalue weighted by atomic mass is 10.1. The molecular formula is C23H24N4O4S. The number of aliphatic imine (C=N–C) groups is 2. The van der Waals surface area contributed by atoms with Gasteiger partial charge in [0.2, 0.25) is 5.91 Å². The van der Waals surface area contributed by atoms with E-state index >= 15 is 0 Å². The maximum Gasteiger partial charge on any atom is 0.259 e. The van der Waals surface area contributed by atoms with Crippen molar-refractivity contribution in [3.05, 3.63) is 48.0 Å². The average molecular weight is 453 g/mol. The molecular weight excluding hydrogens is 428 g/mol. The van der Waals surface area contributed by atoms with Crippen molar-refractivity contribution in [1.29, 1.82) is 0 Å². The van der Waals surface area contributed by atoms with Gasteiger partial charge in [-0.2, -0.15) is 0 Å². The number of carbonyl (C=O) groups is 2. The van der Waals surface area contributed by atoms with Gasteiger partial charge in [-0.15, -0.1) is 0 Å². The molecule has 0 saturated carbocycles. The minimum absolute atomic E-state index is 0.0881. The third-order valence-electron chi connectivity index (χ3n) is 5.11. The minimum Gasteiger partial charge on any atom is -0.493 e. The monoisotopic (exact) mass is 452 g/mol. The van der Waals surface area contributed by atoms with Crippen LogP contribution in [0.5, 0.6) is 11.5 Å². The van der Waals surface area contributed by atoms with Gasteiger partial charge in [0.05, 0.1) is 25.7 Å². The van der Waals surface area contributed by atoms with Crippen LogP contribution in [0.3, 0.4) is 0 Å². The molecule has 2 aliphatic heterocycles. The third kappa shape index (κ3) is 4.20. The van der Waals surface area contributed by atoms with Gasteiger partial charge in [-0.05, 0) is 30.7 Å². The van der Waals surface area contributed by atoms with Crippen molar-refractivity contribution in [2.24, 2.45) is 9.98 Å². The van der Waals surface area contributed by atoms with E-state index in [1.165, 1.54) is 18.9 Å². The topological polar surface area (TPSA) is 92.6 Å². The number of nitrogens with one attached hydrogen (secondary N) is 1. The number of para-hydroxylation sites is 1. The Balaban J connectivity index is 1.50. The summed E-state index contributed by atoms with van der Waals surface area (Å²) in [5, 5.41) is 3.31. The Hall–Kier alpha value is -3.33. The molecule has 1 atom stereocenters. The summed E-state index contributed by atoms with van der Waals surface area (Å²) in [7, 11) is 3.09. The first-order valence-electron chi connectivity index (χ1n) is 10.3. The normalized spacial score (nSPS) is 16.7. The van der Waals surface area contributed by atoms with Gasteiger partial charge >= 0.3 is 0 Å². The van der Waals surface area contributed by atoms with Crippen LogP contribution in [0, 0.1) is 0 Å². The van der Waals surface area contributed by atoms with Gasteiger partial charge in [-0.1, -0.05) is 37.2 Å². The number of anilines is 1. The number of fused-ring (bicyclic) bond motifs is 3. The number of amidine groups is 2. The van der Waals surface area contributed by atoms with Crippen molar-refractivity contribution >= 4 is 46.0 Å². The molecule has 0 bridgehead atoms. The SMILES string of the molecule is CCC[C@@H]1N=C2c3ccccc3N=C(SCC(=O)Nc3ccc(OC)c(OC)c3)N2C1=O. The van der Waals surface area contributed by atoms with Crippen molar-refractivity contribution in [1.82, 2.24) is 4.90 Å². The van der Waals surface area contributed by atoms with Crippen molar-refractivity contribution in [3.63, 3.8) is 0 Å². The van der Waals surface area contributed by atoms with E-state index in [2.05, 4.69) is 15.3 Å². The van der Waals surface area contributed by atoms with E-state index in [1.54, 1.807) is 30.2 Å². The second-order valence-electron chi connectivity index (χ2n) is 7.25. The quantitative estimate of drug-likeness (QED) is 0.689. The van der Waals surface area contributed by atoms with Gasteiger partial charge in [0.25, 0.3) is 5.91 Å². The zero-order valence-electron chi connectivity index (χ0n) is 18.1. The highest BCUT2D eigenvalue weighted by Gasteiger charge is 2.40. The number of benzene rings is 2. The summed E-state index contributed by atoms with van der Waals surface area (Å²) in [6, 6.07) is 12.3. The first-order valence-corrected chi connectivity index (χ1v) is 11.3. The van der Waals surface area contributed by atoms with Crippen molar-refractivity contribution in [2.45, 2.75) is 25.8 Å². The first kappa shape index (κ1) is 21.9. The number of ether oxygens (including phenoxy) is 2. The molecule has 0 unspecified atom stereocenters. The fourth-order valence-corrected chi connectivity index (χ4v) is 4.40. The maximum atomic E-state index is 13.0. The smallest absolute Gasteiger partial charge is 0.259 e. The molecule has 1 N–H and O–H groups in total. The van der Waals surface area contributed by atoms with Gasteiger partial charge in [0.1, 0.15) is 11.9 Å². The Labute approximate surface area is 190 Å². The van der Waals surface area contributed by atoms with Crippen LogP contribution < -0.4 is 14.8 Å². The molecule has 2 aromatic carbocycles. The largest absolute Gasteiger partial charge is 0.493 e. The van der Waals surface area contributed by atoms with Gasteiger partial charge in [-0.3, -0.25) is 14.6 Å². The highest BCUT2D eigenvalue weighted by atomic mass is 32.2. The lowest BCUT2D eigenvalue weighted by Crippen LogP contribution is -2.41. The highest BCUT2D eigenvalue weighted by molar-refractivity contribution is 8.14. The summed E-state index contributed by atoms with van der Waals surface area (Å²) in [5.74, 6) is 1.49. The highest BCUT2D eigenvalue weighted by Crippen LogP contribution is 2.34. The Morgan fingerprint density at radius 3 is 2.69 bits per heavy atom. The van der Waals surface area contributed by atoms with Crippen molar-refractivity contribution < 1.29 is 19.1 Å². The summed E-state index contributed by atoms with van der Waals surface area (Å²) in [4.78, 5) is 36.5. The van der Waals surface area contributed by atoms with E-state index in [9.17, 15) is 9.59 Å². The summed E-state index contributed by atoms with van der Waals surface area (Å²) < 4.78 is 10.5. The summed E-state index contributed by atoms with van der Waals surface area (Å²) in [6.45, 7) is 2.03. The van der Waals surface area contributed by atoms with E-state index < -0.39 is 6.04 Å². The standard InChI is InChI=1S/C23H24N4O4S/c1-4-7-17-22(29)27-21(25-17)15-8-5-6-9-16(15)26-23(27)32-13-20(28)24-14-10-11-18(30-2)19(12-14)31-3/h5-6,8-12,17H,4,7,13H2,1-3H3,(H,24,28)/t17-/m0/s1. The number of hydrogen-bond acceptors (Lipinski definition) is 7. The molecule has 2 amide bonds. The Kier molecular flexibility index (Phi) is 6.45. The zero-order chi connectivity index (χ0) is 22.7. The van der Waals surface area contributed by atoms with Crippen molar-refractivity contribution in [3.8, 4) is 11.5 Å². The summed E-state index contributed by atoms with van der Waals surface area (Å²) >= 11 is 1.21.